The van der Waals surface area contributed by atoms with E-state index >= 15 is 0 Å². The first-order valence-corrected chi connectivity index (χ1v) is 4.25. The molecule has 0 unspecified atom stereocenters. The van der Waals surface area contributed by atoms with E-state index in [1.54, 1.807) is 12.1 Å². The van der Waals surface area contributed by atoms with Gasteiger partial charge in [-0.3, -0.25) is 0 Å². The fraction of sp³-hybridized carbons (Fsp3) is 0.125. The van der Waals surface area contributed by atoms with Crippen LogP contribution in [0, 0.1) is 0 Å². The molecule has 2 rings (SSSR count). The number of phenolic OH excluding ortho intramolecular Hbond substituents is 1. The number of hydrogen-bond donors (Lipinski definition) is 2. The number of rotatable bonds is 0. The van der Waals surface area contributed by atoms with Gasteiger partial charge in [-0.2, -0.15) is 0 Å². The Hall–Kier alpha value is -0.960. The fourth-order valence-electron chi connectivity index (χ4n) is 1.08. The molecular weight excluding hydrogens is 158 g/mol. The van der Waals surface area contributed by atoms with Crippen LogP contribution in [0.25, 0.3) is 0 Å². The van der Waals surface area contributed by atoms with E-state index in [0.29, 0.717) is 5.75 Å². The lowest BCUT2D eigenvalue weighted by atomic mass is 10.1. The minimum absolute atomic E-state index is 0.342. The first-order valence-electron chi connectivity index (χ1n) is 3.41. The van der Waals surface area contributed by atoms with Gasteiger partial charge in [-0.05, 0) is 23.8 Å². The summed E-state index contributed by atoms with van der Waals surface area (Å²) in [7, 11) is 0. The SMILES string of the molecule is Oc1ccc2c(c1)CC=N[SH]2. The molecule has 1 aromatic carbocycles. The summed E-state index contributed by atoms with van der Waals surface area (Å²) in [5, 5.41) is 9.14. The topological polar surface area (TPSA) is 32.6 Å². The van der Waals surface area contributed by atoms with Crippen molar-refractivity contribution in [2.45, 2.75) is 11.3 Å². The standard InChI is InChI=1S/C8H8NOS/c10-7-1-2-8-6(5-7)3-4-9-11-8/h1-2,4-5,10-11H,3H2. The normalized spacial score (nSPS) is 14.5. The molecule has 0 bridgehead atoms. The monoisotopic (exact) mass is 166 g/mol. The van der Waals surface area contributed by atoms with Crippen molar-refractivity contribution in [3.8, 4) is 5.75 Å². The molecule has 1 heterocycles. The molecule has 1 radical (unpaired) electrons. The summed E-state index contributed by atoms with van der Waals surface area (Å²) in [6, 6.07) is 5.42. The predicted octanol–water partition coefficient (Wildman–Crippen LogP) is 1.76. The van der Waals surface area contributed by atoms with Crippen LogP contribution in [-0.2, 0) is 6.42 Å². The van der Waals surface area contributed by atoms with E-state index in [2.05, 4.69) is 4.40 Å². The van der Waals surface area contributed by atoms with Crippen LogP contribution in [0.4, 0.5) is 0 Å². The van der Waals surface area contributed by atoms with Crippen LogP contribution >= 0.6 is 11.9 Å². The summed E-state index contributed by atoms with van der Waals surface area (Å²) < 4.78 is 4.11. The van der Waals surface area contributed by atoms with Crippen LogP contribution in [0.5, 0.6) is 5.75 Å². The van der Waals surface area contributed by atoms with Crippen molar-refractivity contribution in [1.29, 1.82) is 0 Å². The lowest BCUT2D eigenvalue weighted by Gasteiger charge is -2.09. The highest BCUT2D eigenvalue weighted by molar-refractivity contribution is 7.98. The Morgan fingerprint density at radius 2 is 2.36 bits per heavy atom. The second-order valence-electron chi connectivity index (χ2n) is 2.42. The summed E-state index contributed by atoms with van der Waals surface area (Å²) in [6.07, 6.45) is 2.72. The Morgan fingerprint density at radius 1 is 1.45 bits per heavy atom. The minimum atomic E-state index is 0.342. The molecule has 0 saturated carbocycles. The van der Waals surface area contributed by atoms with Crippen LogP contribution in [0.2, 0.25) is 0 Å². The average Bonchev–Trinajstić information content (AvgIpc) is 2.04. The maximum absolute atomic E-state index is 9.14. The van der Waals surface area contributed by atoms with Crippen LogP contribution in [0.3, 0.4) is 0 Å². The van der Waals surface area contributed by atoms with Gasteiger partial charge in [-0.25, -0.2) is 4.40 Å². The zero-order valence-electron chi connectivity index (χ0n) is 5.86. The van der Waals surface area contributed by atoms with Gasteiger partial charge >= 0.3 is 0 Å². The Bertz CT molecular complexity index is 309. The maximum Gasteiger partial charge on any atom is 0.115 e. The number of phenols is 1. The lowest BCUT2D eigenvalue weighted by molar-refractivity contribution is 0.474. The highest BCUT2D eigenvalue weighted by Gasteiger charge is 2.04. The molecule has 0 spiro atoms. The molecule has 1 aliphatic rings. The summed E-state index contributed by atoms with van der Waals surface area (Å²) >= 11 is 0.992. The molecule has 0 fully saturated rings. The second kappa shape index (κ2) is 2.58. The largest absolute Gasteiger partial charge is 0.508 e. The van der Waals surface area contributed by atoms with Gasteiger partial charge in [-0.15, -0.1) is 0 Å². The van der Waals surface area contributed by atoms with Gasteiger partial charge in [0.15, 0.2) is 0 Å². The first-order chi connectivity index (χ1) is 5.36. The molecule has 0 saturated heterocycles. The number of fused-ring (bicyclic) bond motifs is 1. The molecule has 0 amide bonds. The Kier molecular flexibility index (Phi) is 1.58. The minimum Gasteiger partial charge on any atom is -0.508 e. The second-order valence-corrected chi connectivity index (χ2v) is 3.33. The van der Waals surface area contributed by atoms with Gasteiger partial charge < -0.3 is 5.11 Å². The lowest BCUT2D eigenvalue weighted by Crippen LogP contribution is -1.92. The summed E-state index contributed by atoms with van der Waals surface area (Å²) in [5.41, 5.74) is 1.18. The third-order valence-electron chi connectivity index (χ3n) is 1.62. The molecule has 0 atom stereocenters. The molecule has 2 nitrogen and oxygen atoms in total. The van der Waals surface area contributed by atoms with Crippen molar-refractivity contribution in [1.82, 2.24) is 0 Å². The smallest absolute Gasteiger partial charge is 0.115 e. The number of benzene rings is 1. The average molecular weight is 166 g/mol. The van der Waals surface area contributed by atoms with E-state index in [1.165, 1.54) is 10.5 Å². The Balaban J connectivity index is 2.48. The van der Waals surface area contributed by atoms with Crippen LogP contribution < -0.4 is 0 Å². The zero-order chi connectivity index (χ0) is 7.68. The van der Waals surface area contributed by atoms with E-state index in [0.717, 1.165) is 18.4 Å². The van der Waals surface area contributed by atoms with Crippen LogP contribution in [0.1, 0.15) is 5.56 Å². The van der Waals surface area contributed by atoms with Crippen molar-refractivity contribution < 1.29 is 5.11 Å². The molecule has 1 N–H and O–H groups in total. The van der Waals surface area contributed by atoms with Gasteiger partial charge in [0.2, 0.25) is 0 Å². The van der Waals surface area contributed by atoms with Gasteiger partial charge in [0, 0.05) is 17.5 Å². The molecule has 1 aliphatic heterocycles. The van der Waals surface area contributed by atoms with E-state index in [9.17, 15) is 0 Å². The molecule has 0 aliphatic carbocycles. The van der Waals surface area contributed by atoms with Crippen molar-refractivity contribution in [3.63, 3.8) is 0 Å². The highest BCUT2D eigenvalue weighted by Crippen LogP contribution is 2.29. The number of aromatic hydroxyl groups is 1. The predicted molar refractivity (Wildman–Crippen MR) is 47.6 cm³/mol. The first kappa shape index (κ1) is 6.73. The van der Waals surface area contributed by atoms with E-state index in [-0.39, 0.29) is 0 Å². The van der Waals surface area contributed by atoms with E-state index < -0.39 is 0 Å². The molecule has 57 valence electrons. The van der Waals surface area contributed by atoms with Gasteiger partial charge in [0.25, 0.3) is 0 Å². The third kappa shape index (κ3) is 1.24. The summed E-state index contributed by atoms with van der Waals surface area (Å²) in [5.74, 6) is 0.342. The summed E-state index contributed by atoms with van der Waals surface area (Å²) in [4.78, 5) is 1.20. The molecule has 1 aromatic rings. The molecular formula is C8H8NOS. The molecule has 3 heteroatoms. The van der Waals surface area contributed by atoms with Crippen molar-refractivity contribution in [2.24, 2.45) is 4.40 Å². The number of hydrogen-bond acceptors (Lipinski definition) is 2. The molecule has 11 heavy (non-hydrogen) atoms. The van der Waals surface area contributed by atoms with E-state index in [4.69, 9.17) is 5.11 Å². The maximum atomic E-state index is 9.14. The van der Waals surface area contributed by atoms with Crippen molar-refractivity contribution in [3.05, 3.63) is 23.8 Å². The van der Waals surface area contributed by atoms with Crippen LogP contribution in [-0.4, -0.2) is 11.3 Å². The van der Waals surface area contributed by atoms with Gasteiger partial charge in [0.05, 0.1) is 0 Å². The quantitative estimate of drug-likeness (QED) is 0.565. The zero-order valence-corrected chi connectivity index (χ0v) is 6.75. The van der Waals surface area contributed by atoms with Crippen LogP contribution in [0.15, 0.2) is 27.5 Å². The number of thiol groups is 1. The van der Waals surface area contributed by atoms with E-state index in [1.807, 2.05) is 12.3 Å². The van der Waals surface area contributed by atoms with Gasteiger partial charge in [-0.1, -0.05) is 11.9 Å². The van der Waals surface area contributed by atoms with Crippen molar-refractivity contribution >= 4 is 18.2 Å². The summed E-state index contributed by atoms with van der Waals surface area (Å²) in [6.45, 7) is 0. The third-order valence-corrected chi connectivity index (χ3v) is 2.55. The fourth-order valence-corrected chi connectivity index (χ4v) is 1.79. The van der Waals surface area contributed by atoms with Gasteiger partial charge in [0.1, 0.15) is 5.75 Å². The molecule has 0 aromatic heterocycles. The Morgan fingerprint density at radius 3 is 3.27 bits per heavy atom. The highest BCUT2D eigenvalue weighted by atomic mass is 32.2. The Labute approximate surface area is 69.1 Å². The number of nitrogens with zero attached hydrogens (tertiary/aromatic N) is 1. The van der Waals surface area contributed by atoms with Crippen molar-refractivity contribution in [2.75, 3.05) is 0 Å².